The van der Waals surface area contributed by atoms with Crippen LogP contribution in [-0.4, -0.2) is 25.9 Å². The zero-order chi connectivity index (χ0) is 19.7. The third kappa shape index (κ3) is 4.28. The van der Waals surface area contributed by atoms with Crippen LogP contribution in [0.1, 0.15) is 20.8 Å². The summed E-state index contributed by atoms with van der Waals surface area (Å²) in [6, 6.07) is 7.41. The highest BCUT2D eigenvalue weighted by atomic mass is 79.9. The van der Waals surface area contributed by atoms with Gasteiger partial charge in [0.25, 0.3) is 11.1 Å². The van der Waals surface area contributed by atoms with Gasteiger partial charge in [-0.25, -0.2) is 9.67 Å². The molecule has 3 rings (SSSR count). The SMILES string of the molecule is O=C(Cl)c1cc(Cl)cc(Cl)c1NC(=O)c1cc(Br)nn1-c1ncccc1Cl. The number of rotatable bonds is 4. The van der Waals surface area contributed by atoms with Crippen LogP contribution in [0.25, 0.3) is 5.82 Å². The third-order valence-corrected chi connectivity index (χ3v) is 4.76. The molecule has 1 aromatic carbocycles. The van der Waals surface area contributed by atoms with Gasteiger partial charge in [0.1, 0.15) is 10.3 Å². The van der Waals surface area contributed by atoms with E-state index in [1.54, 1.807) is 12.1 Å². The molecule has 2 aromatic heterocycles. The fourth-order valence-corrected chi connectivity index (χ4v) is 3.51. The number of hydrogen-bond acceptors (Lipinski definition) is 4. The zero-order valence-corrected chi connectivity index (χ0v) is 17.6. The van der Waals surface area contributed by atoms with E-state index < -0.39 is 11.1 Å². The molecule has 0 atom stereocenters. The monoisotopic (exact) mass is 506 g/mol. The van der Waals surface area contributed by atoms with Gasteiger partial charge >= 0.3 is 0 Å². The summed E-state index contributed by atoms with van der Waals surface area (Å²) in [5, 5.41) is 6.47. The minimum absolute atomic E-state index is 0.0297. The van der Waals surface area contributed by atoms with Gasteiger partial charge in [-0.15, -0.1) is 0 Å². The number of pyridine rings is 1. The van der Waals surface area contributed by atoms with Crippen molar-refractivity contribution in [3.05, 3.63) is 67.5 Å². The maximum atomic E-state index is 12.8. The fourth-order valence-electron chi connectivity index (χ4n) is 2.24. The van der Waals surface area contributed by atoms with E-state index in [1.807, 2.05) is 0 Å². The molecule has 2 heterocycles. The van der Waals surface area contributed by atoms with E-state index in [0.717, 1.165) is 0 Å². The summed E-state index contributed by atoms with van der Waals surface area (Å²) in [4.78, 5) is 28.6. The van der Waals surface area contributed by atoms with Crippen LogP contribution in [0, 0.1) is 0 Å². The average molecular weight is 509 g/mol. The van der Waals surface area contributed by atoms with E-state index in [0.29, 0.717) is 9.63 Å². The molecule has 0 unspecified atom stereocenters. The highest BCUT2D eigenvalue weighted by Crippen LogP contribution is 2.32. The summed E-state index contributed by atoms with van der Waals surface area (Å²) < 4.78 is 1.64. The van der Waals surface area contributed by atoms with E-state index >= 15 is 0 Å². The van der Waals surface area contributed by atoms with Crippen molar-refractivity contribution in [3.63, 3.8) is 0 Å². The van der Waals surface area contributed by atoms with Crippen molar-refractivity contribution in [3.8, 4) is 5.82 Å². The molecular weight excluding hydrogens is 502 g/mol. The van der Waals surface area contributed by atoms with Crippen LogP contribution in [0.15, 0.2) is 41.1 Å². The third-order valence-electron chi connectivity index (χ3n) is 3.36. The Labute approximate surface area is 181 Å². The Bertz CT molecular complexity index is 1070. The standard InChI is InChI=1S/C16H7BrCl4N4O2/c17-12-6-11(25(24-12)15-9(19)2-1-3-22-15)16(27)23-13-8(14(21)26)4-7(18)5-10(13)20/h1-6H,(H,23,27). The molecule has 1 N–H and O–H groups in total. The molecule has 1 amide bonds. The first kappa shape index (κ1) is 20.1. The van der Waals surface area contributed by atoms with Gasteiger partial charge in [0.05, 0.1) is 21.3 Å². The predicted octanol–water partition coefficient (Wildman–Crippen LogP) is 5.62. The van der Waals surface area contributed by atoms with E-state index in [9.17, 15) is 9.59 Å². The first-order chi connectivity index (χ1) is 12.8. The number of aromatic nitrogens is 3. The summed E-state index contributed by atoms with van der Waals surface area (Å²) in [6.07, 6.45) is 1.51. The maximum absolute atomic E-state index is 12.8. The normalized spacial score (nSPS) is 10.7. The largest absolute Gasteiger partial charge is 0.319 e. The molecule has 3 aromatic rings. The van der Waals surface area contributed by atoms with Crippen molar-refractivity contribution in [2.24, 2.45) is 0 Å². The number of amides is 1. The van der Waals surface area contributed by atoms with E-state index in [-0.39, 0.29) is 32.8 Å². The molecule has 6 nitrogen and oxygen atoms in total. The van der Waals surface area contributed by atoms with Gasteiger partial charge < -0.3 is 5.32 Å². The molecule has 11 heteroatoms. The van der Waals surface area contributed by atoms with Gasteiger partial charge in [0, 0.05) is 17.3 Å². The number of anilines is 1. The number of nitrogens with one attached hydrogen (secondary N) is 1. The molecule has 0 saturated heterocycles. The molecule has 0 aliphatic rings. The van der Waals surface area contributed by atoms with Crippen LogP contribution in [0.4, 0.5) is 5.69 Å². The molecular formula is C16H7BrCl4N4O2. The van der Waals surface area contributed by atoms with E-state index in [4.69, 9.17) is 46.4 Å². The molecule has 0 radical (unpaired) electrons. The highest BCUT2D eigenvalue weighted by Gasteiger charge is 2.22. The minimum Gasteiger partial charge on any atom is -0.319 e. The molecule has 27 heavy (non-hydrogen) atoms. The highest BCUT2D eigenvalue weighted by molar-refractivity contribution is 9.10. The topological polar surface area (TPSA) is 76.9 Å². The van der Waals surface area contributed by atoms with Crippen molar-refractivity contribution in [1.29, 1.82) is 0 Å². The lowest BCUT2D eigenvalue weighted by atomic mass is 10.2. The van der Waals surface area contributed by atoms with Crippen LogP contribution >= 0.6 is 62.3 Å². The Hall–Kier alpha value is -1.64. The number of nitrogens with zero attached hydrogens (tertiary/aromatic N) is 3. The molecule has 0 aliphatic heterocycles. The lowest BCUT2D eigenvalue weighted by Gasteiger charge is -2.12. The van der Waals surface area contributed by atoms with Crippen molar-refractivity contribution in [2.75, 3.05) is 5.32 Å². The van der Waals surface area contributed by atoms with Crippen molar-refractivity contribution >= 4 is 79.2 Å². The van der Waals surface area contributed by atoms with Gasteiger partial charge in [0.2, 0.25) is 0 Å². The molecule has 0 aliphatic carbocycles. The van der Waals surface area contributed by atoms with Crippen LogP contribution in [0.5, 0.6) is 0 Å². The zero-order valence-electron chi connectivity index (χ0n) is 13.0. The summed E-state index contributed by atoms with van der Waals surface area (Å²) in [6.45, 7) is 0. The second-order valence-electron chi connectivity index (χ2n) is 5.11. The van der Waals surface area contributed by atoms with E-state index in [2.05, 4.69) is 31.3 Å². The fraction of sp³-hybridized carbons (Fsp3) is 0. The second-order valence-corrected chi connectivity index (χ2v) is 7.52. The molecule has 138 valence electrons. The van der Waals surface area contributed by atoms with Gasteiger partial charge in [-0.3, -0.25) is 9.59 Å². The summed E-state index contributed by atoms with van der Waals surface area (Å²) in [7, 11) is 0. The lowest BCUT2D eigenvalue weighted by molar-refractivity contribution is 0.101. The number of hydrogen-bond donors (Lipinski definition) is 1. The minimum atomic E-state index is -0.822. The quantitative estimate of drug-likeness (QED) is 0.464. The molecule has 0 bridgehead atoms. The Morgan fingerprint density at radius 1 is 1.11 bits per heavy atom. The Morgan fingerprint density at radius 3 is 2.52 bits per heavy atom. The first-order valence-electron chi connectivity index (χ1n) is 7.14. The van der Waals surface area contributed by atoms with Crippen LogP contribution in [0.2, 0.25) is 15.1 Å². The van der Waals surface area contributed by atoms with Crippen molar-refractivity contribution in [2.45, 2.75) is 0 Å². The van der Waals surface area contributed by atoms with Crippen molar-refractivity contribution in [1.82, 2.24) is 14.8 Å². The Morgan fingerprint density at radius 2 is 1.85 bits per heavy atom. The van der Waals surface area contributed by atoms with Crippen LogP contribution in [0.3, 0.4) is 0 Å². The predicted molar refractivity (Wildman–Crippen MR) is 109 cm³/mol. The number of carbonyl (C=O) groups excluding carboxylic acids is 2. The maximum Gasteiger partial charge on any atom is 0.274 e. The molecule has 0 saturated carbocycles. The summed E-state index contributed by atoms with van der Waals surface area (Å²) >= 11 is 27.0. The molecule has 0 spiro atoms. The smallest absolute Gasteiger partial charge is 0.274 e. The summed E-state index contributed by atoms with van der Waals surface area (Å²) in [5.74, 6) is -0.357. The number of carbonyl (C=O) groups is 2. The van der Waals surface area contributed by atoms with Crippen LogP contribution < -0.4 is 5.32 Å². The lowest BCUT2D eigenvalue weighted by Crippen LogP contribution is -2.19. The van der Waals surface area contributed by atoms with Gasteiger partial charge in [-0.05, 0) is 51.8 Å². The number of halogens is 5. The van der Waals surface area contributed by atoms with E-state index in [1.165, 1.54) is 29.1 Å². The Kier molecular flexibility index (Phi) is 6.08. The second kappa shape index (κ2) is 8.16. The first-order valence-corrected chi connectivity index (χ1v) is 9.45. The average Bonchev–Trinajstić information content (AvgIpc) is 2.99. The molecule has 0 fully saturated rings. The Balaban J connectivity index is 2.05. The van der Waals surface area contributed by atoms with Gasteiger partial charge in [0.15, 0.2) is 5.82 Å². The van der Waals surface area contributed by atoms with Crippen molar-refractivity contribution < 1.29 is 9.59 Å². The van der Waals surface area contributed by atoms with Gasteiger partial charge in [-0.1, -0.05) is 34.8 Å². The number of benzene rings is 1. The van der Waals surface area contributed by atoms with Gasteiger partial charge in [-0.2, -0.15) is 5.10 Å². The van der Waals surface area contributed by atoms with Crippen LogP contribution in [-0.2, 0) is 0 Å². The summed E-state index contributed by atoms with van der Waals surface area (Å²) in [5.41, 5.74) is 0.0898.